The van der Waals surface area contributed by atoms with Gasteiger partial charge in [0.2, 0.25) is 0 Å². The molecule has 2 bridgehead atoms. The highest BCUT2D eigenvalue weighted by atomic mass is 16.6. The SMILES string of the molecule is C/C=C(\C)C(=O)OC1C2C(OC(C)=O)C3(OC2(C)C)C(C)(O)CCC(OC(C)=O)C3(COC(C)=O)C1OC(=O)c1ccccc1. The Morgan fingerprint density at radius 2 is 1.51 bits per heavy atom. The van der Waals surface area contributed by atoms with Crippen LogP contribution in [0.1, 0.15) is 78.6 Å². The van der Waals surface area contributed by atoms with Gasteiger partial charge in [0.25, 0.3) is 0 Å². The molecule has 12 heteroatoms. The van der Waals surface area contributed by atoms with E-state index < -0.39 is 89.0 Å². The fourth-order valence-electron chi connectivity index (χ4n) is 7.58. The molecule has 8 atom stereocenters. The maximum atomic E-state index is 13.9. The zero-order valence-electron chi connectivity index (χ0n) is 26.9. The number of hydrogen-bond donors (Lipinski definition) is 1. The molecule has 1 aliphatic heterocycles. The van der Waals surface area contributed by atoms with Crippen molar-refractivity contribution in [3.05, 3.63) is 47.5 Å². The summed E-state index contributed by atoms with van der Waals surface area (Å²) < 4.78 is 36.8. The maximum absolute atomic E-state index is 13.9. The largest absolute Gasteiger partial charge is 0.465 e. The van der Waals surface area contributed by atoms with Crippen LogP contribution < -0.4 is 0 Å². The summed E-state index contributed by atoms with van der Waals surface area (Å²) in [7, 11) is 0. The van der Waals surface area contributed by atoms with Crippen molar-refractivity contribution in [2.75, 3.05) is 6.61 Å². The Labute approximate surface area is 262 Å². The number of aliphatic hydroxyl groups is 1. The fraction of sp³-hybridized carbons (Fsp3) is 0.606. The van der Waals surface area contributed by atoms with Gasteiger partial charge < -0.3 is 33.5 Å². The normalized spacial score (nSPS) is 35.0. The van der Waals surface area contributed by atoms with Crippen LogP contribution >= 0.6 is 0 Å². The summed E-state index contributed by atoms with van der Waals surface area (Å²) in [6.07, 6.45) is -3.99. The van der Waals surface area contributed by atoms with Gasteiger partial charge in [0, 0.05) is 26.3 Å². The minimum Gasteiger partial charge on any atom is -0.465 e. The molecule has 1 heterocycles. The second-order valence-electron chi connectivity index (χ2n) is 12.8. The zero-order chi connectivity index (χ0) is 33.5. The lowest BCUT2D eigenvalue weighted by Crippen LogP contribution is -2.83. The molecule has 0 amide bonds. The van der Waals surface area contributed by atoms with Gasteiger partial charge in [-0.05, 0) is 59.6 Å². The summed E-state index contributed by atoms with van der Waals surface area (Å²) in [4.78, 5) is 65.2. The summed E-state index contributed by atoms with van der Waals surface area (Å²) in [5.41, 5.74) is -6.73. The second kappa shape index (κ2) is 12.2. The van der Waals surface area contributed by atoms with Crippen molar-refractivity contribution in [1.29, 1.82) is 0 Å². The van der Waals surface area contributed by atoms with Crippen LogP contribution in [0, 0.1) is 11.3 Å². The molecular formula is C33H42O12. The molecule has 3 aliphatic rings. The molecule has 0 aromatic heterocycles. The lowest BCUT2D eigenvalue weighted by molar-refractivity contribution is -0.348. The number of esters is 5. The van der Waals surface area contributed by atoms with Crippen LogP contribution in [0.5, 0.6) is 0 Å². The van der Waals surface area contributed by atoms with E-state index in [9.17, 15) is 29.1 Å². The monoisotopic (exact) mass is 630 g/mol. The van der Waals surface area contributed by atoms with Crippen molar-refractivity contribution in [2.24, 2.45) is 11.3 Å². The van der Waals surface area contributed by atoms with Crippen molar-refractivity contribution in [3.8, 4) is 0 Å². The first-order chi connectivity index (χ1) is 20.9. The Morgan fingerprint density at radius 3 is 2.07 bits per heavy atom. The first-order valence-electron chi connectivity index (χ1n) is 15.0. The highest BCUT2D eigenvalue weighted by molar-refractivity contribution is 5.90. The first kappa shape index (κ1) is 34.1. The van der Waals surface area contributed by atoms with Crippen molar-refractivity contribution in [3.63, 3.8) is 0 Å². The topological polar surface area (TPSA) is 161 Å². The van der Waals surface area contributed by atoms with Crippen LogP contribution in [0.15, 0.2) is 42.0 Å². The van der Waals surface area contributed by atoms with Crippen LogP contribution in [0.4, 0.5) is 0 Å². The molecule has 12 nitrogen and oxygen atoms in total. The van der Waals surface area contributed by atoms with E-state index in [1.807, 2.05) is 0 Å². The molecule has 1 saturated heterocycles. The molecule has 8 unspecified atom stereocenters. The summed E-state index contributed by atoms with van der Waals surface area (Å²) in [5, 5.41) is 12.4. The molecule has 45 heavy (non-hydrogen) atoms. The molecule has 1 N–H and O–H groups in total. The summed E-state index contributed by atoms with van der Waals surface area (Å²) >= 11 is 0. The Balaban J connectivity index is 2.12. The van der Waals surface area contributed by atoms with Gasteiger partial charge in [-0.25, -0.2) is 9.59 Å². The molecule has 2 saturated carbocycles. The number of carbonyl (C=O) groups is 5. The zero-order valence-corrected chi connectivity index (χ0v) is 26.9. The summed E-state index contributed by atoms with van der Waals surface area (Å²) in [6.45, 7) is 10.9. The van der Waals surface area contributed by atoms with Crippen LogP contribution in [0.3, 0.4) is 0 Å². The Bertz CT molecular complexity index is 1380. The van der Waals surface area contributed by atoms with E-state index in [2.05, 4.69) is 0 Å². The van der Waals surface area contributed by atoms with E-state index in [0.29, 0.717) is 0 Å². The Morgan fingerprint density at radius 1 is 0.889 bits per heavy atom. The molecular weight excluding hydrogens is 588 g/mol. The highest BCUT2D eigenvalue weighted by Crippen LogP contribution is 2.69. The van der Waals surface area contributed by atoms with Gasteiger partial charge in [0.15, 0.2) is 11.7 Å². The number of allylic oxidation sites excluding steroid dienone is 1. The van der Waals surface area contributed by atoms with Crippen LogP contribution in [0.2, 0.25) is 0 Å². The minimum absolute atomic E-state index is 0.00475. The summed E-state index contributed by atoms with van der Waals surface area (Å²) in [5.74, 6) is -4.77. The van der Waals surface area contributed by atoms with E-state index in [4.69, 9.17) is 28.4 Å². The average Bonchev–Trinajstić information content (AvgIpc) is 3.15. The second-order valence-corrected chi connectivity index (χ2v) is 12.8. The quantitative estimate of drug-likeness (QED) is 0.254. The molecule has 1 aromatic carbocycles. The van der Waals surface area contributed by atoms with Crippen molar-refractivity contribution in [1.82, 2.24) is 0 Å². The predicted octanol–water partition coefficient (Wildman–Crippen LogP) is 3.23. The fourth-order valence-corrected chi connectivity index (χ4v) is 7.58. The molecule has 1 aromatic rings. The number of carbonyl (C=O) groups excluding carboxylic acids is 5. The number of rotatable bonds is 8. The van der Waals surface area contributed by atoms with Gasteiger partial charge in [-0.3, -0.25) is 14.4 Å². The van der Waals surface area contributed by atoms with Gasteiger partial charge >= 0.3 is 29.8 Å². The van der Waals surface area contributed by atoms with E-state index in [-0.39, 0.29) is 24.0 Å². The lowest BCUT2D eigenvalue weighted by Gasteiger charge is -2.65. The Hall–Kier alpha value is -3.77. The van der Waals surface area contributed by atoms with E-state index in [1.54, 1.807) is 52.0 Å². The molecule has 3 fully saturated rings. The molecule has 246 valence electrons. The minimum atomic E-state index is -2.01. The van der Waals surface area contributed by atoms with Crippen molar-refractivity contribution in [2.45, 2.75) is 109 Å². The van der Waals surface area contributed by atoms with Gasteiger partial charge in [0.1, 0.15) is 30.3 Å². The molecule has 4 rings (SSSR count). The third-order valence-electron chi connectivity index (χ3n) is 9.43. The number of fused-ring (bicyclic) bond motifs is 1. The predicted molar refractivity (Wildman–Crippen MR) is 156 cm³/mol. The lowest BCUT2D eigenvalue weighted by atomic mass is 9.46. The van der Waals surface area contributed by atoms with Gasteiger partial charge in [-0.1, -0.05) is 24.3 Å². The molecule has 1 spiro atoms. The third kappa shape index (κ3) is 5.63. The maximum Gasteiger partial charge on any atom is 0.338 e. The smallest absolute Gasteiger partial charge is 0.338 e. The highest BCUT2D eigenvalue weighted by Gasteiger charge is 2.87. The number of ether oxygens (including phenoxy) is 6. The van der Waals surface area contributed by atoms with Crippen molar-refractivity contribution < 1.29 is 57.5 Å². The molecule has 0 radical (unpaired) electrons. The van der Waals surface area contributed by atoms with Gasteiger partial charge in [-0.2, -0.15) is 0 Å². The van der Waals surface area contributed by atoms with Gasteiger partial charge in [-0.15, -0.1) is 0 Å². The molecule has 2 aliphatic carbocycles. The van der Waals surface area contributed by atoms with Crippen molar-refractivity contribution >= 4 is 29.8 Å². The van der Waals surface area contributed by atoms with Crippen LogP contribution in [-0.4, -0.2) is 82.8 Å². The Kier molecular flexibility index (Phi) is 9.25. The van der Waals surface area contributed by atoms with Crippen LogP contribution in [0.25, 0.3) is 0 Å². The number of benzene rings is 1. The number of hydrogen-bond acceptors (Lipinski definition) is 12. The summed E-state index contributed by atoms with van der Waals surface area (Å²) in [6, 6.07) is 8.05. The van der Waals surface area contributed by atoms with Crippen LogP contribution in [-0.2, 0) is 47.6 Å². The third-order valence-corrected chi connectivity index (χ3v) is 9.43. The van der Waals surface area contributed by atoms with E-state index in [0.717, 1.165) is 6.92 Å². The van der Waals surface area contributed by atoms with E-state index in [1.165, 1.54) is 32.9 Å². The van der Waals surface area contributed by atoms with E-state index >= 15 is 0 Å². The standard InChI is InChI=1S/C33H42O12/c1-9-18(2)28(37)43-25-24-26(42-21(5)36)33(45-30(24,6)7)31(8,39)16-15-23(41-20(4)35)32(33,17-40-19(3)34)27(25)44-29(38)22-13-11-10-12-14-22/h9-14,23-27,39H,15-17H2,1-8H3/b18-9+. The average molecular weight is 631 g/mol. The van der Waals surface area contributed by atoms with Gasteiger partial charge in [0.05, 0.1) is 22.7 Å². The first-order valence-corrected chi connectivity index (χ1v) is 15.0.